The van der Waals surface area contributed by atoms with E-state index < -0.39 is 0 Å². The Labute approximate surface area is 186 Å². The second kappa shape index (κ2) is 9.57. The van der Waals surface area contributed by atoms with E-state index in [0.29, 0.717) is 28.1 Å². The van der Waals surface area contributed by atoms with Crippen LogP contribution >= 0.6 is 0 Å². The van der Waals surface area contributed by atoms with Crippen LogP contribution < -0.4 is 15.4 Å². The van der Waals surface area contributed by atoms with Crippen molar-refractivity contribution >= 4 is 23.6 Å². The second-order valence-electron chi connectivity index (χ2n) is 8.20. The molecule has 32 heavy (non-hydrogen) atoms. The van der Waals surface area contributed by atoms with Gasteiger partial charge in [-0.2, -0.15) is 4.98 Å². The number of anilines is 2. The van der Waals surface area contributed by atoms with Crippen molar-refractivity contribution in [2.45, 2.75) is 32.8 Å². The number of benzene rings is 2. The zero-order chi connectivity index (χ0) is 23.3. The Balaban J connectivity index is 1.85. The minimum atomic E-state index is -0.379. The average molecular weight is 434 g/mol. The standard InChI is InChI=1S/C24H26N4O4/c1-24(2,3)19-13-20(26-21(30)16-7-5-15(14-29)6-8-16)27-23(25-19)28-22(31)17-9-11-18(32-4)12-10-17/h5-13,29H,14H2,1-4H3,(H2,25,26,27,28,30,31). The lowest BCUT2D eigenvalue weighted by Crippen LogP contribution is -2.21. The number of ether oxygens (including phenoxy) is 1. The Bertz CT molecular complexity index is 1020. The molecule has 0 radical (unpaired) electrons. The van der Waals surface area contributed by atoms with E-state index in [2.05, 4.69) is 20.6 Å². The molecule has 0 bridgehead atoms. The van der Waals surface area contributed by atoms with Crippen molar-refractivity contribution in [3.05, 3.63) is 77.0 Å². The number of amides is 2. The van der Waals surface area contributed by atoms with E-state index in [1.54, 1.807) is 61.7 Å². The summed E-state index contributed by atoms with van der Waals surface area (Å²) in [4.78, 5) is 34.1. The van der Waals surface area contributed by atoms with Crippen molar-refractivity contribution in [1.29, 1.82) is 0 Å². The Morgan fingerprint density at radius 2 is 1.47 bits per heavy atom. The molecule has 0 fully saturated rings. The smallest absolute Gasteiger partial charge is 0.258 e. The molecule has 0 saturated heterocycles. The number of rotatable bonds is 6. The van der Waals surface area contributed by atoms with Crippen molar-refractivity contribution in [3.63, 3.8) is 0 Å². The minimum Gasteiger partial charge on any atom is -0.497 e. The Morgan fingerprint density at radius 3 is 2.00 bits per heavy atom. The number of hydrogen-bond donors (Lipinski definition) is 3. The van der Waals surface area contributed by atoms with Gasteiger partial charge < -0.3 is 15.2 Å². The fourth-order valence-electron chi connectivity index (χ4n) is 2.82. The Kier molecular flexibility index (Phi) is 6.85. The lowest BCUT2D eigenvalue weighted by atomic mass is 9.92. The highest BCUT2D eigenvalue weighted by atomic mass is 16.5. The van der Waals surface area contributed by atoms with Crippen molar-refractivity contribution in [1.82, 2.24) is 9.97 Å². The van der Waals surface area contributed by atoms with Crippen molar-refractivity contribution in [3.8, 4) is 5.75 Å². The number of carbonyl (C=O) groups excluding carboxylic acids is 2. The number of carbonyl (C=O) groups is 2. The van der Waals surface area contributed by atoms with Gasteiger partial charge in [0.1, 0.15) is 11.6 Å². The molecule has 0 saturated carbocycles. The van der Waals surface area contributed by atoms with Crippen LogP contribution in [0.3, 0.4) is 0 Å². The molecule has 0 unspecified atom stereocenters. The lowest BCUT2D eigenvalue weighted by molar-refractivity contribution is 0.101. The molecular weight excluding hydrogens is 408 g/mol. The van der Waals surface area contributed by atoms with E-state index in [9.17, 15) is 9.59 Å². The molecule has 3 rings (SSSR count). The Morgan fingerprint density at radius 1 is 0.906 bits per heavy atom. The van der Waals surface area contributed by atoms with Crippen LogP contribution in [0.25, 0.3) is 0 Å². The largest absolute Gasteiger partial charge is 0.497 e. The van der Waals surface area contributed by atoms with Crippen LogP contribution in [0.4, 0.5) is 11.8 Å². The number of nitrogens with zero attached hydrogens (tertiary/aromatic N) is 2. The van der Waals surface area contributed by atoms with E-state index >= 15 is 0 Å². The summed E-state index contributed by atoms with van der Waals surface area (Å²) < 4.78 is 5.11. The van der Waals surface area contributed by atoms with Gasteiger partial charge in [-0.15, -0.1) is 0 Å². The zero-order valence-electron chi connectivity index (χ0n) is 18.5. The second-order valence-corrected chi connectivity index (χ2v) is 8.20. The van der Waals surface area contributed by atoms with Crippen LogP contribution in [0.1, 0.15) is 52.7 Å². The van der Waals surface area contributed by atoms with Crippen LogP contribution in [0.15, 0.2) is 54.6 Å². The fraction of sp³-hybridized carbons (Fsp3) is 0.250. The number of methoxy groups -OCH3 is 1. The molecule has 3 N–H and O–H groups in total. The van der Waals surface area contributed by atoms with Crippen molar-refractivity contribution in [2.75, 3.05) is 17.7 Å². The van der Waals surface area contributed by atoms with Gasteiger partial charge in [-0.05, 0) is 42.0 Å². The van der Waals surface area contributed by atoms with Gasteiger partial charge in [0.15, 0.2) is 0 Å². The number of aliphatic hydroxyl groups is 1. The molecule has 2 amide bonds. The quantitative estimate of drug-likeness (QED) is 0.544. The highest BCUT2D eigenvalue weighted by Gasteiger charge is 2.20. The molecule has 0 aliphatic carbocycles. The lowest BCUT2D eigenvalue weighted by Gasteiger charge is -2.19. The maximum absolute atomic E-state index is 12.7. The molecule has 0 atom stereocenters. The van der Waals surface area contributed by atoms with Crippen LogP contribution in [-0.2, 0) is 12.0 Å². The number of aliphatic hydroxyl groups excluding tert-OH is 1. The topological polar surface area (TPSA) is 113 Å². The first kappa shape index (κ1) is 22.9. The molecule has 2 aromatic carbocycles. The van der Waals surface area contributed by atoms with Crippen LogP contribution in [0.5, 0.6) is 5.75 Å². The number of nitrogens with one attached hydrogen (secondary N) is 2. The summed E-state index contributed by atoms with van der Waals surface area (Å²) in [6.07, 6.45) is 0. The predicted molar refractivity (Wildman–Crippen MR) is 122 cm³/mol. The monoisotopic (exact) mass is 434 g/mol. The molecule has 3 aromatic rings. The minimum absolute atomic E-state index is 0.0872. The first-order chi connectivity index (χ1) is 15.2. The van der Waals surface area contributed by atoms with Gasteiger partial charge in [0.25, 0.3) is 11.8 Å². The van der Waals surface area contributed by atoms with Gasteiger partial charge in [-0.1, -0.05) is 32.9 Å². The number of hydrogen-bond acceptors (Lipinski definition) is 6. The highest BCUT2D eigenvalue weighted by molar-refractivity contribution is 6.05. The van der Waals surface area contributed by atoms with Crippen LogP contribution in [0.2, 0.25) is 0 Å². The summed E-state index contributed by atoms with van der Waals surface area (Å²) in [6, 6.07) is 14.9. The predicted octanol–water partition coefficient (Wildman–Crippen LogP) is 3.78. The highest BCUT2D eigenvalue weighted by Crippen LogP contribution is 2.24. The maximum atomic E-state index is 12.7. The van der Waals surface area contributed by atoms with E-state index in [1.165, 1.54) is 0 Å². The molecule has 1 heterocycles. The molecule has 0 aliphatic heterocycles. The van der Waals surface area contributed by atoms with Gasteiger partial charge in [0.2, 0.25) is 5.95 Å². The van der Waals surface area contributed by atoms with E-state index in [1.807, 2.05) is 20.8 Å². The molecule has 1 aromatic heterocycles. The van der Waals surface area contributed by atoms with Crippen molar-refractivity contribution < 1.29 is 19.4 Å². The first-order valence-corrected chi connectivity index (χ1v) is 10.1. The molecule has 8 nitrogen and oxygen atoms in total. The summed E-state index contributed by atoms with van der Waals surface area (Å²) in [5.41, 5.74) is 1.86. The fourth-order valence-corrected chi connectivity index (χ4v) is 2.82. The van der Waals surface area contributed by atoms with Crippen molar-refractivity contribution in [2.24, 2.45) is 0 Å². The summed E-state index contributed by atoms with van der Waals surface area (Å²) in [7, 11) is 1.55. The van der Waals surface area contributed by atoms with Gasteiger partial charge >= 0.3 is 0 Å². The molecule has 0 spiro atoms. The SMILES string of the molecule is COc1ccc(C(=O)Nc2nc(NC(=O)c3ccc(CO)cc3)cc(C(C)(C)C)n2)cc1. The van der Waals surface area contributed by atoms with Gasteiger partial charge in [-0.3, -0.25) is 14.9 Å². The zero-order valence-corrected chi connectivity index (χ0v) is 18.5. The molecular formula is C24H26N4O4. The molecule has 166 valence electrons. The first-order valence-electron chi connectivity index (χ1n) is 10.1. The summed E-state index contributed by atoms with van der Waals surface area (Å²) in [6.45, 7) is 5.83. The van der Waals surface area contributed by atoms with E-state index in [0.717, 1.165) is 0 Å². The summed E-state index contributed by atoms with van der Waals surface area (Å²) in [5, 5.41) is 14.6. The van der Waals surface area contributed by atoms with Crippen LogP contribution in [0, 0.1) is 0 Å². The third-order valence-electron chi connectivity index (χ3n) is 4.71. The van der Waals surface area contributed by atoms with Gasteiger partial charge in [0, 0.05) is 22.6 Å². The third kappa shape index (κ3) is 5.67. The van der Waals surface area contributed by atoms with E-state index in [4.69, 9.17) is 9.84 Å². The van der Waals surface area contributed by atoms with Gasteiger partial charge in [0.05, 0.1) is 19.4 Å². The molecule has 8 heteroatoms. The Hall–Kier alpha value is -3.78. The third-order valence-corrected chi connectivity index (χ3v) is 4.71. The molecule has 0 aliphatic rings. The van der Waals surface area contributed by atoms with E-state index in [-0.39, 0.29) is 35.6 Å². The van der Waals surface area contributed by atoms with Crippen LogP contribution in [-0.4, -0.2) is 34.0 Å². The summed E-state index contributed by atoms with van der Waals surface area (Å²) in [5.74, 6) is 0.260. The maximum Gasteiger partial charge on any atom is 0.258 e. The van der Waals surface area contributed by atoms with Gasteiger partial charge in [-0.25, -0.2) is 4.98 Å². The normalized spacial score (nSPS) is 11.0. The average Bonchev–Trinajstić information content (AvgIpc) is 2.78. The number of aromatic nitrogens is 2. The summed E-state index contributed by atoms with van der Waals surface area (Å²) >= 11 is 0.